The topological polar surface area (TPSA) is 123 Å². The number of carbonyl (C=O) groups is 1. The molecule has 5 N–H and O–H groups in total. The molecule has 0 fully saturated rings. The molecule has 0 spiro atoms. The molecule has 0 bridgehead atoms. The first-order chi connectivity index (χ1) is 14.6. The molecule has 1 aliphatic carbocycles. The average Bonchev–Trinajstić information content (AvgIpc) is 3.32. The number of aromatic amines is 1. The minimum Gasteiger partial charge on any atom is -0.453 e. The quantitative estimate of drug-likeness (QED) is 0.589. The Bertz CT molecular complexity index is 1200. The highest BCUT2D eigenvalue weighted by Gasteiger charge is 2.36. The van der Waals surface area contributed by atoms with Gasteiger partial charge in [-0.2, -0.15) is 0 Å². The maximum absolute atomic E-state index is 12.9. The molecule has 5 rings (SSSR count). The molecule has 3 aromatic rings. The van der Waals surface area contributed by atoms with Crippen molar-refractivity contribution < 1.29 is 9.21 Å². The monoisotopic (exact) mass is 419 g/mol. The standard InChI is InChI=1S/C22H21N5O2S/c23-11-12-19(20-15(25-21(12)24)7-3-4-8-16(20)28)17-9-10-18(29-17)30-22-26-13-5-1-2-6-14(13)27-22/h1-2,5-6,9-11,19H,3-4,7-8,23H2,(H2,24,25)(H,26,27)/b12-11-. The van der Waals surface area contributed by atoms with Gasteiger partial charge in [0.25, 0.3) is 0 Å². The SMILES string of the molecule is N/C=C1\C(N)=NC2=C(C(=O)CCCC2)C1c1ccc(Sc2nc3ccccc3[nH]2)o1. The predicted octanol–water partition coefficient (Wildman–Crippen LogP) is 4.00. The van der Waals surface area contributed by atoms with Crippen molar-refractivity contribution in [2.75, 3.05) is 0 Å². The number of para-hydroxylation sites is 2. The van der Waals surface area contributed by atoms with Crippen LogP contribution >= 0.6 is 11.8 Å². The number of hydrogen-bond donors (Lipinski definition) is 3. The van der Waals surface area contributed by atoms with Crippen LogP contribution in [0, 0.1) is 0 Å². The zero-order valence-corrected chi connectivity index (χ0v) is 17.0. The van der Waals surface area contributed by atoms with E-state index < -0.39 is 5.92 Å². The molecule has 0 saturated carbocycles. The van der Waals surface area contributed by atoms with Crippen LogP contribution in [0.25, 0.3) is 11.0 Å². The molecule has 7 nitrogen and oxygen atoms in total. The molecular weight excluding hydrogens is 398 g/mol. The van der Waals surface area contributed by atoms with Gasteiger partial charge in [0.15, 0.2) is 16.0 Å². The molecule has 1 aliphatic heterocycles. The summed E-state index contributed by atoms with van der Waals surface area (Å²) >= 11 is 1.40. The third kappa shape index (κ3) is 3.23. The molecule has 152 valence electrons. The van der Waals surface area contributed by atoms with E-state index in [4.69, 9.17) is 15.9 Å². The molecule has 3 heterocycles. The Hall–Kier alpha value is -3.26. The third-order valence-electron chi connectivity index (χ3n) is 5.46. The lowest BCUT2D eigenvalue weighted by Crippen LogP contribution is -2.29. The van der Waals surface area contributed by atoms with Crippen LogP contribution in [0.5, 0.6) is 0 Å². The summed E-state index contributed by atoms with van der Waals surface area (Å²) in [6.45, 7) is 0. The molecule has 1 atom stereocenters. The van der Waals surface area contributed by atoms with Gasteiger partial charge in [0.1, 0.15) is 11.6 Å². The zero-order chi connectivity index (χ0) is 20.7. The van der Waals surface area contributed by atoms with Gasteiger partial charge in [-0.3, -0.25) is 4.79 Å². The van der Waals surface area contributed by atoms with E-state index in [1.807, 2.05) is 36.4 Å². The lowest BCUT2D eigenvalue weighted by molar-refractivity contribution is -0.115. The van der Waals surface area contributed by atoms with Crippen LogP contribution in [0.1, 0.15) is 37.4 Å². The maximum Gasteiger partial charge on any atom is 0.174 e. The lowest BCUT2D eigenvalue weighted by atomic mass is 9.82. The van der Waals surface area contributed by atoms with Gasteiger partial charge in [0, 0.05) is 23.8 Å². The smallest absolute Gasteiger partial charge is 0.174 e. The summed E-state index contributed by atoms with van der Waals surface area (Å²) in [7, 11) is 0. The van der Waals surface area contributed by atoms with Gasteiger partial charge in [-0.15, -0.1) is 0 Å². The Labute approximate surface area is 177 Å². The predicted molar refractivity (Wildman–Crippen MR) is 116 cm³/mol. The number of imidazole rings is 1. The van der Waals surface area contributed by atoms with Crippen LogP contribution < -0.4 is 11.5 Å². The number of amidine groups is 1. The van der Waals surface area contributed by atoms with E-state index in [1.54, 1.807) is 0 Å². The fourth-order valence-electron chi connectivity index (χ4n) is 4.06. The second kappa shape index (κ2) is 7.53. The van der Waals surface area contributed by atoms with Crippen molar-refractivity contribution in [3.05, 3.63) is 65.2 Å². The second-order valence-corrected chi connectivity index (χ2v) is 8.35. The Morgan fingerprint density at radius 1 is 1.17 bits per heavy atom. The number of nitrogens with two attached hydrogens (primary N) is 2. The van der Waals surface area contributed by atoms with Gasteiger partial charge in [-0.25, -0.2) is 9.98 Å². The van der Waals surface area contributed by atoms with Crippen LogP contribution in [0.3, 0.4) is 0 Å². The van der Waals surface area contributed by atoms with Gasteiger partial charge in [-0.1, -0.05) is 12.1 Å². The highest BCUT2D eigenvalue weighted by Crippen LogP contribution is 2.43. The van der Waals surface area contributed by atoms with Crippen molar-refractivity contribution in [1.82, 2.24) is 9.97 Å². The van der Waals surface area contributed by atoms with Crippen molar-refractivity contribution in [2.45, 2.75) is 41.8 Å². The Kier molecular flexibility index (Phi) is 4.71. The summed E-state index contributed by atoms with van der Waals surface area (Å²) in [5.41, 5.74) is 16.0. The van der Waals surface area contributed by atoms with Crippen LogP contribution in [0.2, 0.25) is 0 Å². The number of carbonyl (C=O) groups excluding carboxylic acids is 1. The average molecular weight is 420 g/mol. The van der Waals surface area contributed by atoms with Crippen molar-refractivity contribution in [3.8, 4) is 0 Å². The van der Waals surface area contributed by atoms with E-state index >= 15 is 0 Å². The van der Waals surface area contributed by atoms with E-state index in [0.717, 1.165) is 41.1 Å². The number of nitrogens with one attached hydrogen (secondary N) is 1. The van der Waals surface area contributed by atoms with Gasteiger partial charge in [-0.05, 0) is 55.3 Å². The minimum atomic E-state index is -0.432. The van der Waals surface area contributed by atoms with Crippen molar-refractivity contribution >= 4 is 34.4 Å². The van der Waals surface area contributed by atoms with Crippen molar-refractivity contribution in [3.63, 3.8) is 0 Å². The Morgan fingerprint density at radius 2 is 2.00 bits per heavy atom. The number of benzene rings is 1. The van der Waals surface area contributed by atoms with Crippen LogP contribution in [0.15, 0.2) is 79.1 Å². The molecule has 8 heteroatoms. The minimum absolute atomic E-state index is 0.0889. The normalized spacial score (nSPS) is 21.1. The summed E-state index contributed by atoms with van der Waals surface area (Å²) in [6, 6.07) is 11.6. The molecule has 30 heavy (non-hydrogen) atoms. The lowest BCUT2D eigenvalue weighted by Gasteiger charge is -2.25. The van der Waals surface area contributed by atoms with E-state index in [0.29, 0.717) is 34.3 Å². The van der Waals surface area contributed by atoms with Gasteiger partial charge in [0.2, 0.25) is 0 Å². The molecule has 0 amide bonds. The molecule has 0 saturated heterocycles. The molecule has 1 unspecified atom stereocenters. The first-order valence-electron chi connectivity index (χ1n) is 9.89. The number of aromatic nitrogens is 2. The zero-order valence-electron chi connectivity index (χ0n) is 16.2. The first kappa shape index (κ1) is 18.7. The van der Waals surface area contributed by atoms with Gasteiger partial charge in [0.05, 0.1) is 22.6 Å². The Morgan fingerprint density at radius 3 is 2.83 bits per heavy atom. The maximum atomic E-state index is 12.9. The number of Topliss-reactive ketones (excluding diaryl/α,β-unsaturated/α-hetero) is 1. The number of hydrogen-bond acceptors (Lipinski definition) is 7. The molecular formula is C22H21N5O2S. The largest absolute Gasteiger partial charge is 0.453 e. The molecule has 2 aromatic heterocycles. The van der Waals surface area contributed by atoms with E-state index in [1.165, 1.54) is 18.0 Å². The van der Waals surface area contributed by atoms with Gasteiger partial charge < -0.3 is 20.9 Å². The Balaban J connectivity index is 1.51. The number of rotatable bonds is 3. The van der Waals surface area contributed by atoms with E-state index in [2.05, 4.69) is 15.0 Å². The van der Waals surface area contributed by atoms with E-state index in [-0.39, 0.29) is 5.78 Å². The number of nitrogens with zero attached hydrogens (tertiary/aromatic N) is 2. The number of furan rings is 1. The van der Waals surface area contributed by atoms with Crippen LogP contribution in [0.4, 0.5) is 0 Å². The number of H-pyrrole nitrogens is 1. The van der Waals surface area contributed by atoms with Crippen molar-refractivity contribution in [2.24, 2.45) is 16.5 Å². The second-order valence-electron chi connectivity index (χ2n) is 7.36. The first-order valence-corrected chi connectivity index (χ1v) is 10.7. The van der Waals surface area contributed by atoms with Gasteiger partial charge >= 0.3 is 0 Å². The summed E-state index contributed by atoms with van der Waals surface area (Å²) in [5, 5.41) is 1.41. The molecule has 1 aromatic carbocycles. The number of allylic oxidation sites excluding steroid dienone is 2. The van der Waals surface area contributed by atoms with Crippen LogP contribution in [-0.4, -0.2) is 21.6 Å². The summed E-state index contributed by atoms with van der Waals surface area (Å²) < 4.78 is 6.15. The molecule has 2 aliphatic rings. The molecule has 0 radical (unpaired) electrons. The van der Waals surface area contributed by atoms with E-state index in [9.17, 15) is 4.79 Å². The third-order valence-corrected chi connectivity index (χ3v) is 6.27. The number of ketones is 1. The summed E-state index contributed by atoms with van der Waals surface area (Å²) in [5.74, 6) is 0.633. The van der Waals surface area contributed by atoms with Crippen LogP contribution in [-0.2, 0) is 4.79 Å². The highest BCUT2D eigenvalue weighted by atomic mass is 32.2. The summed E-state index contributed by atoms with van der Waals surface area (Å²) in [4.78, 5) is 25.2. The highest BCUT2D eigenvalue weighted by molar-refractivity contribution is 7.99. The number of aliphatic imine (C=N–C) groups is 1. The number of fused-ring (bicyclic) bond motifs is 1. The fraction of sp³-hybridized carbons (Fsp3) is 0.227. The fourth-order valence-corrected chi connectivity index (χ4v) is 4.83. The summed E-state index contributed by atoms with van der Waals surface area (Å²) in [6.07, 6.45) is 4.43. The van der Waals surface area contributed by atoms with Crippen molar-refractivity contribution in [1.29, 1.82) is 0 Å².